The van der Waals surface area contributed by atoms with E-state index in [9.17, 15) is 13.6 Å². The average molecular weight is 300 g/mol. The monoisotopic (exact) mass is 300 g/mol. The van der Waals surface area contributed by atoms with E-state index in [-0.39, 0.29) is 0 Å². The van der Waals surface area contributed by atoms with E-state index >= 15 is 0 Å². The highest BCUT2D eigenvalue weighted by molar-refractivity contribution is 5.68. The quantitative estimate of drug-likeness (QED) is 0.631. The molecule has 0 N–H and O–H groups in total. The second-order valence-electron chi connectivity index (χ2n) is 4.98. The molecule has 4 heteroatoms. The van der Waals surface area contributed by atoms with Crippen molar-refractivity contribution in [1.29, 1.82) is 0 Å². The highest BCUT2D eigenvalue weighted by Crippen LogP contribution is 2.28. The number of terminal acetylenes is 1. The molecule has 0 spiro atoms. The van der Waals surface area contributed by atoms with Crippen molar-refractivity contribution in [3.8, 4) is 23.5 Å². The number of rotatable bonds is 3. The molecule has 0 heterocycles. The molecule has 22 heavy (non-hydrogen) atoms. The van der Waals surface area contributed by atoms with Gasteiger partial charge in [0.15, 0.2) is 17.2 Å². The Morgan fingerprint density at radius 1 is 1.09 bits per heavy atom. The van der Waals surface area contributed by atoms with Crippen LogP contribution in [-0.2, 0) is 15.1 Å². The first-order chi connectivity index (χ1) is 10.4. The van der Waals surface area contributed by atoms with Gasteiger partial charge in [0.2, 0.25) is 0 Å². The van der Waals surface area contributed by atoms with Gasteiger partial charge in [-0.15, -0.1) is 6.42 Å². The maximum atomic E-state index is 13.3. The summed E-state index contributed by atoms with van der Waals surface area (Å²) in [7, 11) is 0. The van der Waals surface area contributed by atoms with Crippen LogP contribution in [0, 0.1) is 24.0 Å². The number of carbonyl (C=O) groups is 1. The van der Waals surface area contributed by atoms with E-state index in [1.54, 1.807) is 31.2 Å². The minimum Gasteiger partial charge on any atom is -0.442 e. The molecule has 2 rings (SSSR count). The van der Waals surface area contributed by atoms with E-state index in [2.05, 4.69) is 5.92 Å². The zero-order valence-electron chi connectivity index (χ0n) is 12.2. The zero-order chi connectivity index (χ0) is 16.3. The van der Waals surface area contributed by atoms with Gasteiger partial charge in [-0.3, -0.25) is 4.79 Å². The number of esters is 1. The summed E-state index contributed by atoms with van der Waals surface area (Å²) in [6.07, 6.45) is 5.45. The van der Waals surface area contributed by atoms with Gasteiger partial charge in [0, 0.05) is 12.5 Å². The number of hydrogen-bond acceptors (Lipinski definition) is 2. The molecule has 0 amide bonds. The van der Waals surface area contributed by atoms with Crippen LogP contribution in [0.25, 0.3) is 11.1 Å². The van der Waals surface area contributed by atoms with Gasteiger partial charge in [-0.25, -0.2) is 8.78 Å². The molecule has 0 aliphatic heterocycles. The lowest BCUT2D eigenvalue weighted by atomic mass is 9.94. The van der Waals surface area contributed by atoms with Crippen LogP contribution in [0.4, 0.5) is 8.78 Å². The van der Waals surface area contributed by atoms with Gasteiger partial charge >= 0.3 is 5.97 Å². The Morgan fingerprint density at radius 3 is 2.18 bits per heavy atom. The van der Waals surface area contributed by atoms with Crippen LogP contribution in [0.1, 0.15) is 19.4 Å². The number of benzene rings is 2. The Labute approximate surface area is 127 Å². The maximum Gasteiger partial charge on any atom is 0.304 e. The topological polar surface area (TPSA) is 26.3 Å². The van der Waals surface area contributed by atoms with Crippen LogP contribution in [0.15, 0.2) is 42.5 Å². The summed E-state index contributed by atoms with van der Waals surface area (Å²) in [4.78, 5) is 11.2. The lowest BCUT2D eigenvalue weighted by Crippen LogP contribution is -2.26. The molecule has 0 aliphatic carbocycles. The van der Waals surface area contributed by atoms with Gasteiger partial charge in [-0.1, -0.05) is 36.3 Å². The summed E-state index contributed by atoms with van der Waals surface area (Å²) in [6, 6.07) is 10.5. The molecular formula is C18H14F2O2. The normalized spacial score (nSPS) is 13.0. The fraction of sp³-hybridized carbons (Fsp3) is 0.167. The van der Waals surface area contributed by atoms with Crippen molar-refractivity contribution >= 4 is 5.97 Å². The third-order valence-corrected chi connectivity index (χ3v) is 3.31. The first-order valence-electron chi connectivity index (χ1n) is 6.59. The number of hydrogen-bond donors (Lipinski definition) is 0. The summed E-state index contributed by atoms with van der Waals surface area (Å²) in [6.45, 7) is 2.90. The highest BCUT2D eigenvalue weighted by atomic mass is 19.2. The summed E-state index contributed by atoms with van der Waals surface area (Å²) in [5, 5.41) is 0. The third-order valence-electron chi connectivity index (χ3n) is 3.31. The maximum absolute atomic E-state index is 13.3. The summed E-state index contributed by atoms with van der Waals surface area (Å²) >= 11 is 0. The molecule has 2 aromatic carbocycles. The van der Waals surface area contributed by atoms with Crippen molar-refractivity contribution in [2.45, 2.75) is 19.4 Å². The van der Waals surface area contributed by atoms with Gasteiger partial charge in [0.25, 0.3) is 0 Å². The number of ether oxygens (including phenoxy) is 1. The molecule has 112 valence electrons. The molecule has 0 bridgehead atoms. The van der Waals surface area contributed by atoms with Gasteiger partial charge < -0.3 is 4.74 Å². The van der Waals surface area contributed by atoms with Crippen molar-refractivity contribution in [3.63, 3.8) is 0 Å². The standard InChI is InChI=1S/C18H14F2O2/c1-4-18(3,22-12(2)21)15-8-5-13(6-9-15)14-7-10-16(19)17(20)11-14/h1,5-11H,2-3H3. The Bertz CT molecular complexity index is 745. The van der Waals surface area contributed by atoms with Crippen LogP contribution in [0.2, 0.25) is 0 Å². The molecule has 0 saturated carbocycles. The molecule has 0 radical (unpaired) electrons. The molecule has 0 saturated heterocycles. The smallest absolute Gasteiger partial charge is 0.304 e. The molecule has 0 aliphatic rings. The lowest BCUT2D eigenvalue weighted by Gasteiger charge is -2.24. The number of carbonyl (C=O) groups excluding carboxylic acids is 1. The zero-order valence-corrected chi connectivity index (χ0v) is 12.2. The second-order valence-corrected chi connectivity index (χ2v) is 4.98. The Morgan fingerprint density at radius 2 is 1.68 bits per heavy atom. The largest absolute Gasteiger partial charge is 0.442 e. The van der Waals surface area contributed by atoms with Gasteiger partial charge in [0.05, 0.1) is 0 Å². The summed E-state index contributed by atoms with van der Waals surface area (Å²) < 4.78 is 31.4. The van der Waals surface area contributed by atoms with E-state index in [1.165, 1.54) is 13.0 Å². The minimum absolute atomic E-state index is 0.481. The Hall–Kier alpha value is -2.67. The van der Waals surface area contributed by atoms with E-state index in [1.807, 2.05) is 0 Å². The Balaban J connectivity index is 2.36. The first-order valence-corrected chi connectivity index (χ1v) is 6.59. The van der Waals surface area contributed by atoms with Gasteiger partial charge in [0.1, 0.15) is 0 Å². The van der Waals surface area contributed by atoms with Crippen molar-refractivity contribution in [2.24, 2.45) is 0 Å². The van der Waals surface area contributed by atoms with E-state index in [0.717, 1.165) is 12.1 Å². The predicted molar refractivity (Wildman–Crippen MR) is 79.7 cm³/mol. The Kier molecular flexibility index (Phi) is 4.27. The molecular weight excluding hydrogens is 286 g/mol. The van der Waals surface area contributed by atoms with Crippen LogP contribution in [0.3, 0.4) is 0 Å². The molecule has 0 fully saturated rings. The van der Waals surface area contributed by atoms with Crippen LogP contribution < -0.4 is 0 Å². The highest BCUT2D eigenvalue weighted by Gasteiger charge is 2.27. The molecule has 2 aromatic rings. The second kappa shape index (κ2) is 5.98. The van der Waals surface area contributed by atoms with E-state index < -0.39 is 23.2 Å². The van der Waals surface area contributed by atoms with Crippen LogP contribution in [0.5, 0.6) is 0 Å². The first kappa shape index (κ1) is 15.7. The van der Waals surface area contributed by atoms with Crippen LogP contribution in [-0.4, -0.2) is 5.97 Å². The summed E-state index contributed by atoms with van der Waals surface area (Å²) in [5.74, 6) is 0.167. The molecule has 1 atom stereocenters. The van der Waals surface area contributed by atoms with E-state index in [0.29, 0.717) is 16.7 Å². The lowest BCUT2D eigenvalue weighted by molar-refractivity contribution is -0.151. The van der Waals surface area contributed by atoms with Crippen molar-refractivity contribution in [2.75, 3.05) is 0 Å². The molecule has 1 unspecified atom stereocenters. The third kappa shape index (κ3) is 3.15. The van der Waals surface area contributed by atoms with E-state index in [4.69, 9.17) is 11.2 Å². The van der Waals surface area contributed by atoms with Crippen molar-refractivity contribution in [1.82, 2.24) is 0 Å². The molecule has 2 nitrogen and oxygen atoms in total. The van der Waals surface area contributed by atoms with Crippen LogP contribution >= 0.6 is 0 Å². The minimum atomic E-state index is -1.17. The van der Waals surface area contributed by atoms with Gasteiger partial charge in [-0.05, 0) is 30.2 Å². The van der Waals surface area contributed by atoms with Gasteiger partial charge in [-0.2, -0.15) is 0 Å². The fourth-order valence-electron chi connectivity index (χ4n) is 2.12. The SMILES string of the molecule is C#CC(C)(OC(C)=O)c1ccc(-c2ccc(F)c(F)c2)cc1. The predicted octanol–water partition coefficient (Wildman–Crippen LogP) is 4.04. The fourth-order valence-corrected chi connectivity index (χ4v) is 2.12. The number of halogens is 2. The van der Waals surface area contributed by atoms with Crippen molar-refractivity contribution in [3.05, 3.63) is 59.7 Å². The summed E-state index contributed by atoms with van der Waals surface area (Å²) in [5.41, 5.74) is 0.694. The average Bonchev–Trinajstić information content (AvgIpc) is 2.49. The molecule has 0 aromatic heterocycles. The van der Waals surface area contributed by atoms with Crippen molar-refractivity contribution < 1.29 is 18.3 Å².